The Hall–Kier alpha value is -1.74. The molecule has 2 aromatic rings. The average molecular weight is 296 g/mol. The molecule has 0 aromatic carbocycles. The largest absolute Gasteiger partial charge is 0.332 e. The number of H-pyrrole nitrogens is 1. The molecule has 0 unspecified atom stereocenters. The third kappa shape index (κ3) is 2.34. The molecule has 20 heavy (non-hydrogen) atoms. The van der Waals surface area contributed by atoms with E-state index in [1.807, 2.05) is 0 Å². The van der Waals surface area contributed by atoms with E-state index in [4.69, 9.17) is 0 Å². The number of sulfonamides is 1. The molecule has 0 bridgehead atoms. The first-order valence-electron chi connectivity index (χ1n) is 6.41. The predicted molar refractivity (Wildman–Crippen MR) is 70.4 cm³/mol. The van der Waals surface area contributed by atoms with Gasteiger partial charge in [-0.25, -0.2) is 23.1 Å². The zero-order valence-corrected chi connectivity index (χ0v) is 12.1. The van der Waals surface area contributed by atoms with Crippen molar-refractivity contribution in [1.29, 1.82) is 0 Å². The minimum Gasteiger partial charge on any atom is -0.332 e. The van der Waals surface area contributed by atoms with E-state index in [9.17, 15) is 8.42 Å². The number of hydrogen-bond acceptors (Lipinski definition) is 5. The number of aryl methyl sites for hydroxylation is 3. The Morgan fingerprint density at radius 3 is 2.95 bits per heavy atom. The topological polar surface area (TPSA) is 106 Å². The highest BCUT2D eigenvalue weighted by Crippen LogP contribution is 2.24. The normalized spacial score (nSPS) is 19.0. The quantitative estimate of drug-likeness (QED) is 0.854. The maximum absolute atomic E-state index is 12.3. The number of rotatable bonds is 3. The van der Waals surface area contributed by atoms with E-state index in [1.54, 1.807) is 18.5 Å². The molecule has 0 radical (unpaired) electrons. The number of fused-ring (bicyclic) bond motifs is 1. The number of nitrogens with zero attached hydrogens (tertiary/aromatic N) is 4. The summed E-state index contributed by atoms with van der Waals surface area (Å²) in [6.45, 7) is 4.28. The third-order valence-corrected chi connectivity index (χ3v) is 4.63. The highest BCUT2D eigenvalue weighted by molar-refractivity contribution is 7.89. The van der Waals surface area contributed by atoms with E-state index < -0.39 is 10.0 Å². The van der Waals surface area contributed by atoms with Crippen molar-refractivity contribution in [2.45, 2.75) is 44.3 Å². The lowest BCUT2D eigenvalue weighted by molar-refractivity contribution is 0.399. The fraction of sp³-hybridized carbons (Fsp3) is 0.545. The summed E-state index contributed by atoms with van der Waals surface area (Å²) in [5.74, 6) is 1.89. The average Bonchev–Trinajstić information content (AvgIpc) is 2.95. The molecule has 0 saturated heterocycles. The highest BCUT2D eigenvalue weighted by Gasteiger charge is 2.29. The summed E-state index contributed by atoms with van der Waals surface area (Å²) in [6, 6.07) is -0.349. The Labute approximate surface area is 116 Å². The fourth-order valence-electron chi connectivity index (χ4n) is 2.37. The van der Waals surface area contributed by atoms with Crippen molar-refractivity contribution in [3.63, 3.8) is 0 Å². The van der Waals surface area contributed by atoms with Gasteiger partial charge in [-0.15, -0.1) is 0 Å². The van der Waals surface area contributed by atoms with Crippen LogP contribution in [-0.2, 0) is 16.6 Å². The summed E-state index contributed by atoms with van der Waals surface area (Å²) < 4.78 is 29.0. The molecule has 0 amide bonds. The molecule has 0 fully saturated rings. The lowest BCUT2D eigenvalue weighted by atomic mass is 10.1. The third-order valence-electron chi connectivity index (χ3n) is 3.25. The Morgan fingerprint density at radius 1 is 1.45 bits per heavy atom. The van der Waals surface area contributed by atoms with Gasteiger partial charge in [-0.1, -0.05) is 0 Å². The van der Waals surface area contributed by atoms with Crippen LogP contribution in [0.5, 0.6) is 0 Å². The number of nitrogens with one attached hydrogen (secondary N) is 2. The van der Waals surface area contributed by atoms with Crippen molar-refractivity contribution in [3.05, 3.63) is 23.7 Å². The van der Waals surface area contributed by atoms with Crippen molar-refractivity contribution in [2.24, 2.45) is 0 Å². The monoisotopic (exact) mass is 296 g/mol. The molecule has 0 saturated carbocycles. The van der Waals surface area contributed by atoms with Gasteiger partial charge in [0.25, 0.3) is 10.0 Å². The van der Waals surface area contributed by atoms with Crippen LogP contribution < -0.4 is 4.72 Å². The molecule has 3 rings (SSSR count). The summed E-state index contributed by atoms with van der Waals surface area (Å²) in [4.78, 5) is 11.0. The molecule has 3 heterocycles. The number of aromatic amines is 1. The van der Waals surface area contributed by atoms with Crippen LogP contribution in [0.3, 0.4) is 0 Å². The van der Waals surface area contributed by atoms with E-state index in [2.05, 4.69) is 24.8 Å². The van der Waals surface area contributed by atoms with Gasteiger partial charge in [0.15, 0.2) is 5.03 Å². The fourth-order valence-corrected chi connectivity index (χ4v) is 3.56. The van der Waals surface area contributed by atoms with Gasteiger partial charge in [0.1, 0.15) is 17.5 Å². The zero-order chi connectivity index (χ0) is 14.3. The molecule has 9 heteroatoms. The summed E-state index contributed by atoms with van der Waals surface area (Å²) in [7, 11) is -3.62. The molecule has 1 aliphatic heterocycles. The second-order valence-corrected chi connectivity index (χ2v) is 6.57. The Kier molecular flexibility index (Phi) is 3.09. The van der Waals surface area contributed by atoms with Crippen molar-refractivity contribution < 1.29 is 8.42 Å². The van der Waals surface area contributed by atoms with E-state index in [0.717, 1.165) is 13.0 Å². The van der Waals surface area contributed by atoms with Gasteiger partial charge < -0.3 is 4.98 Å². The summed E-state index contributed by atoms with van der Waals surface area (Å²) >= 11 is 0. The molecule has 2 N–H and O–H groups in total. The summed E-state index contributed by atoms with van der Waals surface area (Å²) in [5.41, 5.74) is 0. The molecule has 1 aliphatic rings. The number of hydrogen-bond donors (Lipinski definition) is 2. The van der Waals surface area contributed by atoms with Gasteiger partial charge in [-0.05, 0) is 26.7 Å². The van der Waals surface area contributed by atoms with Crippen molar-refractivity contribution in [3.8, 4) is 0 Å². The maximum atomic E-state index is 12.3. The van der Waals surface area contributed by atoms with Crippen molar-refractivity contribution in [1.82, 2.24) is 29.5 Å². The first kappa shape index (κ1) is 13.3. The lowest BCUT2D eigenvalue weighted by Crippen LogP contribution is -2.33. The SMILES string of the molecule is Cc1nc2n(n1)CCC[C@@H]2NS(=O)(=O)c1cnc(C)[nH]1. The van der Waals surface area contributed by atoms with Crippen LogP contribution in [-0.4, -0.2) is 33.2 Å². The highest BCUT2D eigenvalue weighted by atomic mass is 32.2. The van der Waals surface area contributed by atoms with Gasteiger partial charge in [0.2, 0.25) is 0 Å². The Bertz CT molecular complexity index is 732. The van der Waals surface area contributed by atoms with Gasteiger partial charge in [-0.2, -0.15) is 9.82 Å². The second-order valence-electron chi connectivity index (χ2n) is 4.89. The van der Waals surface area contributed by atoms with Gasteiger partial charge in [-0.3, -0.25) is 0 Å². The van der Waals surface area contributed by atoms with E-state index in [0.29, 0.717) is 23.9 Å². The smallest absolute Gasteiger partial charge is 0.258 e. The van der Waals surface area contributed by atoms with Crippen LogP contribution in [0.1, 0.15) is 36.4 Å². The van der Waals surface area contributed by atoms with Crippen LogP contribution in [0.2, 0.25) is 0 Å². The molecule has 2 aromatic heterocycles. The summed E-state index contributed by atoms with van der Waals surface area (Å²) in [6.07, 6.45) is 2.89. The van der Waals surface area contributed by atoms with Crippen LogP contribution in [0.4, 0.5) is 0 Å². The minimum absolute atomic E-state index is 0.0726. The van der Waals surface area contributed by atoms with Gasteiger partial charge in [0.05, 0.1) is 12.2 Å². The molecule has 0 spiro atoms. The van der Waals surface area contributed by atoms with Crippen LogP contribution in [0, 0.1) is 13.8 Å². The van der Waals surface area contributed by atoms with Crippen LogP contribution in [0.25, 0.3) is 0 Å². The van der Waals surface area contributed by atoms with Crippen molar-refractivity contribution >= 4 is 10.0 Å². The molecule has 108 valence electrons. The maximum Gasteiger partial charge on any atom is 0.258 e. The standard InChI is InChI=1S/C11H16N6O2S/c1-7-12-6-10(13-7)20(18,19)16-9-4-3-5-17-11(9)14-8(2)15-17/h6,9,16H,3-5H2,1-2H3,(H,12,13)/t9-/m0/s1. The number of aromatic nitrogens is 5. The van der Waals surface area contributed by atoms with Gasteiger partial charge >= 0.3 is 0 Å². The van der Waals surface area contributed by atoms with Gasteiger partial charge in [0, 0.05) is 6.54 Å². The first-order valence-corrected chi connectivity index (χ1v) is 7.89. The molecule has 8 nitrogen and oxygen atoms in total. The minimum atomic E-state index is -3.62. The van der Waals surface area contributed by atoms with Crippen molar-refractivity contribution in [2.75, 3.05) is 0 Å². The predicted octanol–water partition coefficient (Wildman–Crippen LogP) is 0.431. The molecular weight excluding hydrogens is 280 g/mol. The molecule has 1 atom stereocenters. The van der Waals surface area contributed by atoms with Crippen LogP contribution >= 0.6 is 0 Å². The van der Waals surface area contributed by atoms with E-state index >= 15 is 0 Å². The molecule has 0 aliphatic carbocycles. The van der Waals surface area contributed by atoms with E-state index in [-0.39, 0.29) is 11.1 Å². The lowest BCUT2D eigenvalue weighted by Gasteiger charge is -2.22. The second kappa shape index (κ2) is 4.67. The zero-order valence-electron chi connectivity index (χ0n) is 11.3. The summed E-state index contributed by atoms with van der Waals surface area (Å²) in [5, 5.41) is 4.33. The molecular formula is C11H16N6O2S. The van der Waals surface area contributed by atoms with Crippen LogP contribution in [0.15, 0.2) is 11.2 Å². The first-order chi connectivity index (χ1) is 9.45. The Morgan fingerprint density at radius 2 is 2.25 bits per heavy atom. The number of imidazole rings is 1. The Balaban J connectivity index is 1.89. The van der Waals surface area contributed by atoms with E-state index in [1.165, 1.54) is 6.20 Å².